The van der Waals surface area contributed by atoms with E-state index in [4.69, 9.17) is 4.98 Å². The van der Waals surface area contributed by atoms with Gasteiger partial charge in [0.15, 0.2) is 0 Å². The average molecular weight is 427 g/mol. The minimum Gasteiger partial charge on any atom is -0.406 e. The second kappa shape index (κ2) is 7.06. The molecule has 3 heterocycles. The van der Waals surface area contributed by atoms with Gasteiger partial charge in [-0.3, -0.25) is 0 Å². The van der Waals surface area contributed by atoms with Gasteiger partial charge in [0, 0.05) is 32.8 Å². The number of hydrogen-bond acceptors (Lipinski definition) is 7. The number of alkyl halides is 3. The van der Waals surface area contributed by atoms with Crippen molar-refractivity contribution in [3.63, 3.8) is 0 Å². The molecule has 6 nitrogen and oxygen atoms in total. The lowest BCUT2D eigenvalue weighted by Crippen LogP contribution is -2.17. The van der Waals surface area contributed by atoms with Gasteiger partial charge in [-0.1, -0.05) is 18.2 Å². The van der Waals surface area contributed by atoms with Crippen LogP contribution in [0.15, 0.2) is 69.3 Å². The predicted octanol–water partition coefficient (Wildman–Crippen LogP) is 6.26. The van der Waals surface area contributed by atoms with Gasteiger partial charge >= 0.3 is 6.36 Å². The third-order valence-electron chi connectivity index (χ3n) is 4.51. The number of rotatable bonds is 4. The topological polar surface area (TPSA) is 71.2 Å². The fourth-order valence-electron chi connectivity index (χ4n) is 3.25. The number of halogens is 3. The highest BCUT2D eigenvalue weighted by Gasteiger charge is 2.31. The minimum atomic E-state index is -4.75. The molecule has 0 saturated heterocycles. The molecule has 4 aromatic rings. The molecule has 0 aliphatic carbocycles. The molecule has 0 amide bonds. The number of ether oxygens (including phenoxy) is 1. The first-order chi connectivity index (χ1) is 14.5. The van der Waals surface area contributed by atoms with Crippen molar-refractivity contribution in [3.05, 3.63) is 59.5 Å². The summed E-state index contributed by atoms with van der Waals surface area (Å²) in [6.45, 7) is 0.420. The number of fused-ring (bicyclic) bond motifs is 3. The Kier molecular flexibility index (Phi) is 4.35. The molecule has 1 aliphatic rings. The lowest BCUT2D eigenvalue weighted by Gasteiger charge is -2.12. The molecule has 10 heteroatoms. The van der Waals surface area contributed by atoms with Crippen molar-refractivity contribution in [2.24, 2.45) is 15.4 Å². The number of benzene rings is 2. The first-order valence-corrected chi connectivity index (χ1v) is 9.72. The SMILES string of the molecule is FC(F)(F)Oc1cccc(Nc2nc3cc(C4=NN=NC4)ccc3c3sccc23)c1. The Labute approximate surface area is 171 Å². The number of thiophene rings is 1. The molecule has 0 spiro atoms. The number of pyridine rings is 1. The molecular weight excluding hydrogens is 415 g/mol. The van der Waals surface area contributed by atoms with Gasteiger partial charge < -0.3 is 10.1 Å². The minimum absolute atomic E-state index is 0.302. The molecule has 2 aromatic heterocycles. The zero-order valence-electron chi connectivity index (χ0n) is 15.1. The first kappa shape index (κ1) is 18.5. The van der Waals surface area contributed by atoms with Crippen molar-refractivity contribution in [2.45, 2.75) is 6.36 Å². The fraction of sp³-hybridized carbons (Fsp3) is 0.100. The van der Waals surface area contributed by atoms with E-state index < -0.39 is 6.36 Å². The Bertz CT molecular complexity index is 1330. The van der Waals surface area contributed by atoms with Gasteiger partial charge in [-0.05, 0) is 34.9 Å². The van der Waals surface area contributed by atoms with Crippen molar-refractivity contribution in [3.8, 4) is 5.75 Å². The highest BCUT2D eigenvalue weighted by atomic mass is 32.1. The summed E-state index contributed by atoms with van der Waals surface area (Å²) in [6, 6.07) is 13.5. The van der Waals surface area contributed by atoms with Gasteiger partial charge in [0.1, 0.15) is 18.1 Å². The molecule has 0 radical (unpaired) electrons. The molecule has 1 N–H and O–H groups in total. The number of anilines is 2. The van der Waals surface area contributed by atoms with E-state index in [-0.39, 0.29) is 5.75 Å². The molecule has 150 valence electrons. The third kappa shape index (κ3) is 3.57. The number of aromatic nitrogens is 1. The normalized spacial score (nSPS) is 13.8. The molecular formula is C20H12F3N5OS. The Morgan fingerprint density at radius 2 is 1.93 bits per heavy atom. The van der Waals surface area contributed by atoms with Crippen LogP contribution in [0.1, 0.15) is 5.56 Å². The molecule has 30 heavy (non-hydrogen) atoms. The number of nitrogens with one attached hydrogen (secondary N) is 1. The molecule has 0 unspecified atom stereocenters. The van der Waals surface area contributed by atoms with Gasteiger partial charge in [0.05, 0.1) is 11.2 Å². The van der Waals surface area contributed by atoms with Gasteiger partial charge in [-0.2, -0.15) is 5.11 Å². The highest BCUT2D eigenvalue weighted by molar-refractivity contribution is 7.18. The van der Waals surface area contributed by atoms with E-state index in [1.807, 2.05) is 29.6 Å². The maximum absolute atomic E-state index is 12.5. The number of hydrogen-bond donors (Lipinski definition) is 1. The van der Waals surface area contributed by atoms with Crippen LogP contribution < -0.4 is 10.1 Å². The van der Waals surface area contributed by atoms with Crippen LogP contribution in [0, 0.1) is 0 Å². The summed E-state index contributed by atoms with van der Waals surface area (Å²) in [4.78, 5) is 4.72. The van der Waals surface area contributed by atoms with E-state index in [1.165, 1.54) is 18.2 Å². The Balaban J connectivity index is 1.56. The Hall–Kier alpha value is -3.53. The van der Waals surface area contributed by atoms with E-state index in [0.29, 0.717) is 18.1 Å². The van der Waals surface area contributed by atoms with Crippen LogP contribution in [0.4, 0.5) is 24.7 Å². The summed E-state index contributed by atoms with van der Waals surface area (Å²) < 4.78 is 42.6. The summed E-state index contributed by atoms with van der Waals surface area (Å²) in [5.74, 6) is 0.242. The lowest BCUT2D eigenvalue weighted by molar-refractivity contribution is -0.274. The van der Waals surface area contributed by atoms with Crippen molar-refractivity contribution in [1.82, 2.24) is 4.98 Å². The smallest absolute Gasteiger partial charge is 0.406 e. The van der Waals surface area contributed by atoms with Crippen molar-refractivity contribution < 1.29 is 17.9 Å². The molecule has 2 aromatic carbocycles. The average Bonchev–Trinajstić information content (AvgIpc) is 3.39. The van der Waals surface area contributed by atoms with E-state index in [2.05, 4.69) is 25.5 Å². The maximum Gasteiger partial charge on any atom is 0.573 e. The summed E-state index contributed by atoms with van der Waals surface area (Å²) >= 11 is 1.57. The fourth-order valence-corrected chi connectivity index (χ4v) is 4.18. The Morgan fingerprint density at radius 1 is 1.03 bits per heavy atom. The summed E-state index contributed by atoms with van der Waals surface area (Å²) in [7, 11) is 0. The molecule has 0 atom stereocenters. The van der Waals surface area contributed by atoms with Gasteiger partial charge in [0.2, 0.25) is 0 Å². The van der Waals surface area contributed by atoms with Crippen LogP contribution >= 0.6 is 11.3 Å². The van der Waals surface area contributed by atoms with Gasteiger partial charge in [-0.25, -0.2) is 4.98 Å². The summed E-state index contributed by atoms with van der Waals surface area (Å²) in [6.07, 6.45) is -4.75. The largest absolute Gasteiger partial charge is 0.573 e. The molecule has 0 fully saturated rings. The Morgan fingerprint density at radius 3 is 2.73 bits per heavy atom. The van der Waals surface area contributed by atoms with E-state index in [1.54, 1.807) is 17.4 Å². The van der Waals surface area contributed by atoms with Gasteiger partial charge in [0.25, 0.3) is 0 Å². The zero-order valence-corrected chi connectivity index (χ0v) is 16.0. The maximum atomic E-state index is 12.5. The quantitative estimate of drug-likeness (QED) is 0.418. The lowest BCUT2D eigenvalue weighted by atomic mass is 10.1. The number of nitrogens with zero attached hydrogens (tertiary/aromatic N) is 4. The predicted molar refractivity (Wildman–Crippen MR) is 110 cm³/mol. The molecule has 0 saturated carbocycles. The van der Waals surface area contributed by atoms with Crippen molar-refractivity contribution >= 4 is 49.5 Å². The standard InChI is InChI=1S/C20H12F3N5OS/c21-20(22,23)29-13-3-1-2-12(9-13)25-19-15-6-7-30-18(15)14-5-4-11(8-16(14)26-19)17-10-24-28-27-17/h1-9H,10H2,(H,25,26). The van der Waals surface area contributed by atoms with Crippen LogP contribution in [-0.4, -0.2) is 23.6 Å². The second-order valence-corrected chi connectivity index (χ2v) is 7.41. The van der Waals surface area contributed by atoms with Crippen molar-refractivity contribution in [1.29, 1.82) is 0 Å². The molecule has 1 aliphatic heterocycles. The van der Waals surface area contributed by atoms with Crippen LogP contribution in [0.3, 0.4) is 0 Å². The van der Waals surface area contributed by atoms with Gasteiger partial charge in [-0.15, -0.1) is 29.6 Å². The monoisotopic (exact) mass is 427 g/mol. The highest BCUT2D eigenvalue weighted by Crippen LogP contribution is 2.36. The van der Waals surface area contributed by atoms with E-state index in [0.717, 1.165) is 32.3 Å². The molecule has 0 bridgehead atoms. The van der Waals surface area contributed by atoms with Crippen LogP contribution in [-0.2, 0) is 0 Å². The second-order valence-electron chi connectivity index (χ2n) is 6.49. The van der Waals surface area contributed by atoms with Crippen LogP contribution in [0.5, 0.6) is 5.75 Å². The third-order valence-corrected chi connectivity index (χ3v) is 5.46. The van der Waals surface area contributed by atoms with E-state index in [9.17, 15) is 13.2 Å². The van der Waals surface area contributed by atoms with Crippen LogP contribution in [0.25, 0.3) is 21.0 Å². The van der Waals surface area contributed by atoms with Crippen LogP contribution in [0.2, 0.25) is 0 Å². The first-order valence-electron chi connectivity index (χ1n) is 8.84. The molecule has 5 rings (SSSR count). The zero-order chi connectivity index (χ0) is 20.7. The van der Waals surface area contributed by atoms with E-state index >= 15 is 0 Å². The summed E-state index contributed by atoms with van der Waals surface area (Å²) in [5.41, 5.74) is 2.81. The summed E-state index contributed by atoms with van der Waals surface area (Å²) in [5, 5.41) is 18.5. The van der Waals surface area contributed by atoms with Crippen molar-refractivity contribution in [2.75, 3.05) is 11.9 Å².